The number of anilines is 1. The van der Waals surface area contributed by atoms with Crippen LogP contribution in [0.25, 0.3) is 0 Å². The second kappa shape index (κ2) is 9.87. The van der Waals surface area contributed by atoms with Crippen molar-refractivity contribution in [2.45, 2.75) is 41.8 Å². The second-order valence-corrected chi connectivity index (χ2v) is 12.6. The summed E-state index contributed by atoms with van der Waals surface area (Å²) in [6.45, 7) is 3.83. The summed E-state index contributed by atoms with van der Waals surface area (Å²) in [5.74, 6) is -0.654. The van der Waals surface area contributed by atoms with Gasteiger partial charge in [0.2, 0.25) is 15.9 Å². The molecule has 1 amide bonds. The molecule has 1 fully saturated rings. The first-order valence-electron chi connectivity index (χ1n) is 10.1. The molecule has 1 unspecified atom stereocenters. The summed E-state index contributed by atoms with van der Waals surface area (Å²) in [7, 11) is -5.99. The lowest BCUT2D eigenvalue weighted by atomic mass is 9.98. The number of amides is 1. The Bertz CT molecular complexity index is 1160. The van der Waals surface area contributed by atoms with Crippen LogP contribution in [0.5, 0.6) is 5.75 Å². The number of hydrogen-bond acceptors (Lipinski definition) is 7. The number of sulfonamides is 2. The third-order valence-corrected chi connectivity index (χ3v) is 9.87. The molecule has 2 N–H and O–H groups in total. The maximum Gasteiger partial charge on any atom is 0.252 e. The molecule has 2 heterocycles. The first kappa shape index (κ1) is 24.6. The fourth-order valence-corrected chi connectivity index (χ4v) is 7.42. The molecule has 1 aliphatic rings. The van der Waals surface area contributed by atoms with Gasteiger partial charge in [0.05, 0.1) is 23.6 Å². The number of hydrogen-bond donors (Lipinski definition) is 2. The van der Waals surface area contributed by atoms with Crippen molar-refractivity contribution in [2.24, 2.45) is 5.92 Å². The summed E-state index contributed by atoms with van der Waals surface area (Å²) in [6.07, 6.45) is 1.07. The first-order chi connectivity index (χ1) is 15.0. The normalized spacial score (nSPS) is 17.9. The van der Waals surface area contributed by atoms with Gasteiger partial charge in [0.15, 0.2) is 0 Å². The van der Waals surface area contributed by atoms with Crippen LogP contribution in [0, 0.1) is 5.92 Å². The van der Waals surface area contributed by atoms with Gasteiger partial charge >= 0.3 is 0 Å². The quantitative estimate of drug-likeness (QED) is 0.573. The van der Waals surface area contributed by atoms with Crippen molar-refractivity contribution in [3.8, 4) is 5.75 Å². The topological polar surface area (TPSA) is 122 Å². The molecule has 1 saturated heterocycles. The summed E-state index contributed by atoms with van der Waals surface area (Å²) in [5.41, 5.74) is 0.211. The van der Waals surface area contributed by atoms with Crippen molar-refractivity contribution in [1.29, 1.82) is 0 Å². The lowest BCUT2D eigenvalue weighted by Crippen LogP contribution is -2.43. The van der Waals surface area contributed by atoms with Crippen molar-refractivity contribution < 1.29 is 26.4 Å². The molecule has 1 aromatic carbocycles. The van der Waals surface area contributed by atoms with Crippen molar-refractivity contribution in [3.63, 3.8) is 0 Å². The van der Waals surface area contributed by atoms with Gasteiger partial charge in [0.1, 0.15) is 9.96 Å². The van der Waals surface area contributed by atoms with E-state index in [4.69, 9.17) is 4.74 Å². The molecule has 2 aromatic rings. The molecule has 0 aliphatic carbocycles. The monoisotopic (exact) mass is 501 g/mol. The Morgan fingerprint density at radius 1 is 1.22 bits per heavy atom. The molecule has 1 aromatic heterocycles. The van der Waals surface area contributed by atoms with Crippen molar-refractivity contribution in [2.75, 3.05) is 25.5 Å². The van der Waals surface area contributed by atoms with Crippen LogP contribution < -0.4 is 14.8 Å². The standard InChI is InChI=1S/C20H27N3O6S3/c1-14(2)22-31(25,26)16-8-9-18(29-3)17(12-16)21-20(24)15-6-4-10-23(13-15)32(27,28)19-7-5-11-30-19/h5,7-9,11-12,14-15,22H,4,6,10,13H2,1-3H3,(H,21,24). The van der Waals surface area contributed by atoms with Gasteiger partial charge < -0.3 is 10.1 Å². The van der Waals surface area contributed by atoms with Crippen molar-refractivity contribution in [1.82, 2.24) is 9.03 Å². The van der Waals surface area contributed by atoms with E-state index in [0.29, 0.717) is 25.1 Å². The van der Waals surface area contributed by atoms with Crippen LogP contribution in [0.2, 0.25) is 0 Å². The van der Waals surface area contributed by atoms with Crippen LogP contribution in [0.4, 0.5) is 5.69 Å². The molecular formula is C20H27N3O6S3. The molecule has 0 bridgehead atoms. The van der Waals surface area contributed by atoms with Gasteiger partial charge in [0, 0.05) is 19.1 Å². The summed E-state index contributed by atoms with van der Waals surface area (Å²) in [5, 5.41) is 4.43. The number of ether oxygens (including phenoxy) is 1. The van der Waals surface area contributed by atoms with Gasteiger partial charge in [-0.05, 0) is 56.3 Å². The fraction of sp³-hybridized carbons (Fsp3) is 0.450. The zero-order valence-electron chi connectivity index (χ0n) is 18.1. The number of nitrogens with zero attached hydrogens (tertiary/aromatic N) is 1. The van der Waals surface area contributed by atoms with E-state index in [1.807, 2.05) is 0 Å². The highest BCUT2D eigenvalue weighted by Gasteiger charge is 2.34. The summed E-state index contributed by atoms with van der Waals surface area (Å²) >= 11 is 1.14. The zero-order chi connectivity index (χ0) is 23.5. The molecule has 3 rings (SSSR count). The van der Waals surface area contributed by atoms with E-state index < -0.39 is 26.0 Å². The van der Waals surface area contributed by atoms with Crippen LogP contribution in [-0.4, -0.2) is 53.3 Å². The highest BCUT2D eigenvalue weighted by atomic mass is 32.2. The Hall–Kier alpha value is -1.99. The Labute approximate surface area is 192 Å². The molecule has 0 saturated carbocycles. The van der Waals surface area contributed by atoms with Crippen molar-refractivity contribution in [3.05, 3.63) is 35.7 Å². The van der Waals surface area contributed by atoms with Gasteiger partial charge in [-0.3, -0.25) is 4.79 Å². The molecule has 0 radical (unpaired) electrons. The zero-order valence-corrected chi connectivity index (χ0v) is 20.5. The van der Waals surface area contributed by atoms with E-state index in [9.17, 15) is 21.6 Å². The number of rotatable bonds is 8. The Morgan fingerprint density at radius 2 is 1.97 bits per heavy atom. The van der Waals surface area contributed by atoms with Gasteiger partial charge in [-0.2, -0.15) is 4.31 Å². The Kier molecular flexibility index (Phi) is 7.61. The molecular weight excluding hydrogens is 474 g/mol. The predicted molar refractivity (Wildman–Crippen MR) is 123 cm³/mol. The second-order valence-electron chi connectivity index (χ2n) is 7.76. The number of carbonyl (C=O) groups is 1. The number of thiophene rings is 1. The van der Waals surface area contributed by atoms with E-state index in [0.717, 1.165) is 11.3 Å². The number of carbonyl (C=O) groups excluding carboxylic acids is 1. The van der Waals surface area contributed by atoms with E-state index in [2.05, 4.69) is 10.0 Å². The van der Waals surface area contributed by atoms with Crippen molar-refractivity contribution >= 4 is 43.0 Å². The first-order valence-corrected chi connectivity index (χ1v) is 13.9. The molecule has 32 heavy (non-hydrogen) atoms. The summed E-state index contributed by atoms with van der Waals surface area (Å²) in [6, 6.07) is 7.14. The third-order valence-electron chi connectivity index (χ3n) is 4.97. The van der Waals surface area contributed by atoms with Gasteiger partial charge in [0.25, 0.3) is 10.0 Å². The molecule has 1 atom stereocenters. The summed E-state index contributed by atoms with van der Waals surface area (Å²) < 4.78 is 60.0. The minimum absolute atomic E-state index is 0.00663. The molecule has 176 valence electrons. The lowest BCUT2D eigenvalue weighted by Gasteiger charge is -2.31. The van der Waals surface area contributed by atoms with E-state index >= 15 is 0 Å². The van der Waals surface area contributed by atoms with Crippen LogP contribution >= 0.6 is 11.3 Å². The SMILES string of the molecule is COc1ccc(S(=O)(=O)NC(C)C)cc1NC(=O)C1CCCN(S(=O)(=O)c2cccs2)C1. The smallest absolute Gasteiger partial charge is 0.252 e. The largest absolute Gasteiger partial charge is 0.495 e. The highest BCUT2D eigenvalue weighted by molar-refractivity contribution is 7.91. The maximum atomic E-state index is 13.0. The predicted octanol–water partition coefficient (Wildman–Crippen LogP) is 2.48. The van der Waals surface area contributed by atoms with E-state index in [1.165, 1.54) is 29.6 Å². The molecule has 0 spiro atoms. The fourth-order valence-electron chi connectivity index (χ4n) is 3.48. The van der Waals surface area contributed by atoms with Gasteiger partial charge in [-0.1, -0.05) is 6.07 Å². The highest BCUT2D eigenvalue weighted by Crippen LogP contribution is 2.30. The number of piperidine rings is 1. The van der Waals surface area contributed by atoms with E-state index in [1.54, 1.807) is 31.4 Å². The van der Waals surface area contributed by atoms with Gasteiger partial charge in [-0.15, -0.1) is 11.3 Å². The number of nitrogens with one attached hydrogen (secondary N) is 2. The van der Waals surface area contributed by atoms with E-state index in [-0.39, 0.29) is 33.3 Å². The molecule has 1 aliphatic heterocycles. The van der Waals surface area contributed by atoms with Gasteiger partial charge in [-0.25, -0.2) is 21.6 Å². The molecule has 9 nitrogen and oxygen atoms in total. The van der Waals surface area contributed by atoms with Crippen LogP contribution in [0.1, 0.15) is 26.7 Å². The minimum Gasteiger partial charge on any atom is -0.495 e. The number of benzene rings is 1. The van der Waals surface area contributed by atoms with Crippen LogP contribution in [0.3, 0.4) is 0 Å². The maximum absolute atomic E-state index is 13.0. The Morgan fingerprint density at radius 3 is 2.59 bits per heavy atom. The minimum atomic E-state index is -3.76. The van der Waals surface area contributed by atoms with Crippen LogP contribution in [0.15, 0.2) is 44.8 Å². The Balaban J connectivity index is 1.79. The molecule has 12 heteroatoms. The lowest BCUT2D eigenvalue weighted by molar-refractivity contribution is -0.120. The third kappa shape index (κ3) is 5.49. The average molecular weight is 502 g/mol. The van der Waals surface area contributed by atoms with Crippen LogP contribution in [-0.2, 0) is 24.8 Å². The number of methoxy groups -OCH3 is 1. The summed E-state index contributed by atoms with van der Waals surface area (Å²) in [4.78, 5) is 13.0. The average Bonchev–Trinajstić information content (AvgIpc) is 3.28.